The van der Waals surface area contributed by atoms with Gasteiger partial charge in [-0.1, -0.05) is 12.1 Å². The average molecular weight is 547 g/mol. The van der Waals surface area contributed by atoms with E-state index in [1.165, 1.54) is 0 Å². The number of para-hydroxylation sites is 1. The van der Waals surface area contributed by atoms with Crippen molar-refractivity contribution >= 4 is 31.2 Å². The largest absolute Gasteiger partial charge is 0.359 e. The molecule has 0 aliphatic carbocycles. The first-order chi connectivity index (χ1) is 13.5. The molecule has 0 saturated heterocycles. The zero-order valence-corrected chi connectivity index (χ0v) is 18.7. The van der Waals surface area contributed by atoms with Crippen molar-refractivity contribution in [1.82, 2.24) is 0 Å². The van der Waals surface area contributed by atoms with Gasteiger partial charge in [0.25, 0.3) is 0 Å². The normalized spacial score (nSPS) is 11.1. The van der Waals surface area contributed by atoms with Crippen LogP contribution in [-0.2, 0) is 2.62 Å². The summed E-state index contributed by atoms with van der Waals surface area (Å²) in [4.78, 5) is 0. The summed E-state index contributed by atoms with van der Waals surface area (Å²) >= 11 is -2.69. The summed E-state index contributed by atoms with van der Waals surface area (Å²) in [5.74, 6) is 0. The maximum Gasteiger partial charge on any atom is 0.359 e. The van der Waals surface area contributed by atoms with E-state index in [0.717, 1.165) is 18.1 Å². The van der Waals surface area contributed by atoms with Crippen molar-refractivity contribution in [2.24, 2.45) is 0 Å². The third-order valence-electron chi connectivity index (χ3n) is 3.46. The predicted octanol–water partition coefficient (Wildman–Crippen LogP) is -0.221. The van der Waals surface area contributed by atoms with E-state index in [-0.39, 0.29) is 12.4 Å². The first-order valence-electron chi connectivity index (χ1n) is 8.19. The van der Waals surface area contributed by atoms with Crippen LogP contribution < -0.4 is 26.4 Å². The Morgan fingerprint density at radius 3 is 1.66 bits per heavy atom. The van der Waals surface area contributed by atoms with Crippen LogP contribution in [-0.4, -0.2) is 0 Å². The van der Waals surface area contributed by atoms with Gasteiger partial charge in [0.15, 0.2) is 0 Å². The molecule has 1 aromatic heterocycles. The summed E-state index contributed by atoms with van der Waals surface area (Å²) in [5, 5.41) is 1.14. The topological polar surface area (TPSA) is 89.7 Å². The van der Waals surface area contributed by atoms with Crippen LogP contribution in [0.3, 0.4) is 0 Å². The maximum absolute atomic E-state index is 10.8. The molecule has 0 spiro atoms. The molecule has 29 heavy (non-hydrogen) atoms. The van der Waals surface area contributed by atoms with Gasteiger partial charge >= 0.3 is 127 Å². The first kappa shape index (κ1) is 23.5. The van der Waals surface area contributed by atoms with E-state index >= 15 is 0 Å². The number of hydrogen-bond donors (Lipinski definition) is 0. The zero-order chi connectivity index (χ0) is 19.8. The molecule has 0 fully saturated rings. The van der Waals surface area contributed by atoms with Gasteiger partial charge in [-0.3, -0.25) is 0 Å². The first-order valence-corrected chi connectivity index (χ1v) is 12.5. The Bertz CT molecular complexity index is 893. The van der Waals surface area contributed by atoms with Crippen LogP contribution in [0.5, 0.6) is 0 Å². The van der Waals surface area contributed by atoms with E-state index in [4.69, 9.17) is 7.04 Å². The minimum atomic E-state index is -4.42. The van der Waals surface area contributed by atoms with Gasteiger partial charge in [-0.2, -0.15) is 0 Å². The van der Waals surface area contributed by atoms with E-state index < -0.39 is 30.5 Å². The van der Waals surface area contributed by atoms with Gasteiger partial charge in [-0.25, -0.2) is 4.42 Å². The fraction of sp³-hybridized carbons (Fsp3) is 0. The number of fused-ring (bicyclic) bond motifs is 1. The van der Waals surface area contributed by atoms with Crippen LogP contribution in [0.25, 0.3) is 11.0 Å². The smallest absolute Gasteiger partial charge is 0.216 e. The molecule has 0 radical (unpaired) electrons. The molecule has 0 N–H and O–H groups in total. The number of rotatable bonds is 4. The summed E-state index contributed by atoms with van der Waals surface area (Å²) in [7, 11) is -4.42. The van der Waals surface area contributed by atoms with Gasteiger partial charge in [-0.05, 0) is 12.1 Å². The van der Waals surface area contributed by atoms with Crippen molar-refractivity contribution in [1.29, 1.82) is 0 Å². The number of benzene rings is 3. The predicted molar refractivity (Wildman–Crippen MR) is 106 cm³/mol. The van der Waals surface area contributed by atoms with Gasteiger partial charge in [0.05, 0.1) is 5.39 Å². The van der Waals surface area contributed by atoms with E-state index in [0.29, 0.717) is 0 Å². The van der Waals surface area contributed by atoms with Gasteiger partial charge in [0, 0.05) is 12.1 Å². The Morgan fingerprint density at radius 2 is 1.14 bits per heavy atom. The monoisotopic (exact) mass is 546 g/mol. The molecule has 0 aliphatic heterocycles. The SMILES string of the molecule is [Cl-].[O-][Cl+3]([O-])([O-])OI(c1ccccc1)c1ccccc1.c1ccc2[o+]cccc2c1. The van der Waals surface area contributed by atoms with E-state index in [2.05, 4.69) is 0 Å². The van der Waals surface area contributed by atoms with Crippen LogP contribution >= 0.6 is 20.2 Å². The molecule has 0 unspecified atom stereocenters. The molecular weight excluding hydrogens is 530 g/mol. The molecule has 1 heterocycles. The molecule has 4 aromatic rings. The fourth-order valence-corrected chi connectivity index (χ4v) is 7.81. The number of hydrogen-bond acceptors (Lipinski definition) is 4. The molecular formula is C21H17Cl2IO5. The van der Waals surface area contributed by atoms with Gasteiger partial charge in [-0.15, -0.1) is 0 Å². The minimum Gasteiger partial charge on any atom is -0.216 e. The molecule has 0 saturated carbocycles. The van der Waals surface area contributed by atoms with Crippen molar-refractivity contribution in [3.8, 4) is 0 Å². The quantitative estimate of drug-likeness (QED) is 0.261. The van der Waals surface area contributed by atoms with Crippen LogP contribution in [0.2, 0.25) is 0 Å². The second-order valence-electron chi connectivity index (χ2n) is 5.43. The molecule has 0 aliphatic rings. The van der Waals surface area contributed by atoms with Crippen LogP contribution in [0, 0.1) is 17.4 Å². The fourth-order valence-electron chi connectivity index (χ4n) is 2.30. The molecule has 8 heteroatoms. The Labute approximate surface area is 184 Å². The third kappa shape index (κ3) is 7.52. The second kappa shape index (κ2) is 11.4. The summed E-state index contributed by atoms with van der Waals surface area (Å²) in [5.41, 5.74) is 0.935. The van der Waals surface area contributed by atoms with Gasteiger partial charge in [0.1, 0.15) is 0 Å². The molecule has 0 amide bonds. The Hall–Kier alpha value is -1.78. The van der Waals surface area contributed by atoms with Crippen LogP contribution in [0.1, 0.15) is 0 Å². The molecule has 4 rings (SSSR count). The van der Waals surface area contributed by atoms with Gasteiger partial charge in [0.2, 0.25) is 0 Å². The van der Waals surface area contributed by atoms with E-state index in [9.17, 15) is 14.0 Å². The number of halogens is 3. The van der Waals surface area contributed by atoms with E-state index in [1.54, 1.807) is 54.8 Å². The zero-order valence-electron chi connectivity index (χ0n) is 15.0. The van der Waals surface area contributed by atoms with Crippen LogP contribution in [0.15, 0.2) is 108 Å². The molecule has 5 nitrogen and oxygen atoms in total. The third-order valence-corrected chi connectivity index (χ3v) is 9.64. The molecule has 3 aromatic carbocycles. The average Bonchev–Trinajstić information content (AvgIpc) is 2.73. The van der Waals surface area contributed by atoms with Crippen molar-refractivity contribution in [3.05, 3.63) is 110 Å². The molecule has 152 valence electrons. The molecule has 0 atom stereocenters. The minimum absolute atomic E-state index is 0. The Kier molecular flexibility index (Phi) is 9.25. The summed E-state index contributed by atoms with van der Waals surface area (Å²) < 4.78 is 44.0. The summed E-state index contributed by atoms with van der Waals surface area (Å²) in [6.45, 7) is 0. The van der Waals surface area contributed by atoms with Crippen LogP contribution in [0.4, 0.5) is 0 Å². The maximum atomic E-state index is 10.8. The standard InChI is InChI=1S/C12H10ClIO4.C9H7O.ClH/c15-13(16,17)18-14(11-7-3-1-4-8-11)12-9-5-2-6-10-12;1-2-6-9-8(4-1)5-3-7-10-9;/h1-10H;1-7H;1H/q;+1;/p-1. The van der Waals surface area contributed by atoms with Crippen molar-refractivity contribution in [2.45, 2.75) is 0 Å². The summed E-state index contributed by atoms with van der Waals surface area (Å²) in [6.07, 6.45) is 1.68. The second-order valence-corrected chi connectivity index (χ2v) is 11.2. The summed E-state index contributed by atoms with van der Waals surface area (Å²) in [6, 6.07) is 29.8. The van der Waals surface area contributed by atoms with Crippen molar-refractivity contribution in [3.63, 3.8) is 0 Å². The Balaban J connectivity index is 0.000000231. The van der Waals surface area contributed by atoms with Crippen molar-refractivity contribution in [2.75, 3.05) is 0 Å². The van der Waals surface area contributed by atoms with Gasteiger partial charge < -0.3 is 12.4 Å². The van der Waals surface area contributed by atoms with Crippen molar-refractivity contribution < 1.29 is 43.7 Å². The van der Waals surface area contributed by atoms with E-state index in [1.807, 2.05) is 48.5 Å². The molecule has 0 bridgehead atoms. The Morgan fingerprint density at radius 1 is 0.655 bits per heavy atom.